The molecule has 0 amide bonds. The van der Waals surface area contributed by atoms with Crippen LogP contribution >= 0.6 is 15.9 Å². The van der Waals surface area contributed by atoms with Crippen molar-refractivity contribution in [2.75, 3.05) is 32.1 Å². The molecule has 1 N–H and O–H groups in total. The Kier molecular flexibility index (Phi) is 11.8. The fourth-order valence-corrected chi connectivity index (χ4v) is 1.39. The number of methoxy groups -OCH3 is 1. The second-order valence-electron chi connectivity index (χ2n) is 2.85. The Bertz CT molecular complexity index is 70.9. The van der Waals surface area contributed by atoms with E-state index in [0.717, 1.165) is 25.0 Å². The SMILES string of the molecule is COCCNCCCCCCBr. The molecule has 0 heterocycles. The molecule has 0 aliphatic carbocycles. The van der Waals surface area contributed by atoms with Crippen molar-refractivity contribution < 1.29 is 4.74 Å². The van der Waals surface area contributed by atoms with E-state index in [2.05, 4.69) is 21.2 Å². The van der Waals surface area contributed by atoms with Gasteiger partial charge in [0, 0.05) is 19.0 Å². The first-order chi connectivity index (χ1) is 5.91. The van der Waals surface area contributed by atoms with Gasteiger partial charge in [0.25, 0.3) is 0 Å². The molecule has 0 saturated carbocycles. The summed E-state index contributed by atoms with van der Waals surface area (Å²) in [6, 6.07) is 0. The Morgan fingerprint density at radius 3 is 2.50 bits per heavy atom. The maximum absolute atomic E-state index is 4.92. The van der Waals surface area contributed by atoms with Gasteiger partial charge in [0.1, 0.15) is 0 Å². The third-order valence-corrected chi connectivity index (χ3v) is 2.28. The van der Waals surface area contributed by atoms with Crippen LogP contribution in [0.2, 0.25) is 0 Å². The molecule has 0 aromatic carbocycles. The average molecular weight is 238 g/mol. The van der Waals surface area contributed by atoms with Crippen molar-refractivity contribution in [1.29, 1.82) is 0 Å². The normalized spacial score (nSPS) is 10.5. The average Bonchev–Trinajstić information content (AvgIpc) is 2.10. The topological polar surface area (TPSA) is 21.3 Å². The monoisotopic (exact) mass is 237 g/mol. The molecule has 0 fully saturated rings. The van der Waals surface area contributed by atoms with Crippen molar-refractivity contribution in [1.82, 2.24) is 5.32 Å². The summed E-state index contributed by atoms with van der Waals surface area (Å²) < 4.78 is 4.92. The van der Waals surface area contributed by atoms with Crippen LogP contribution in [0.4, 0.5) is 0 Å². The Hall–Kier alpha value is 0.400. The third-order valence-electron chi connectivity index (χ3n) is 1.72. The van der Waals surface area contributed by atoms with Crippen molar-refractivity contribution >= 4 is 15.9 Å². The molecule has 0 radical (unpaired) electrons. The highest BCUT2D eigenvalue weighted by Gasteiger charge is 1.88. The summed E-state index contributed by atoms with van der Waals surface area (Å²) in [7, 11) is 1.73. The number of unbranched alkanes of at least 4 members (excludes halogenated alkanes) is 3. The smallest absolute Gasteiger partial charge is 0.0587 e. The minimum atomic E-state index is 0.821. The van der Waals surface area contributed by atoms with E-state index in [9.17, 15) is 0 Å². The minimum Gasteiger partial charge on any atom is -0.383 e. The standard InChI is InChI=1S/C9H20BrNO/c1-12-9-8-11-7-5-3-2-4-6-10/h11H,2-9H2,1H3. The maximum atomic E-state index is 4.92. The molecule has 0 bridgehead atoms. The van der Waals surface area contributed by atoms with Gasteiger partial charge in [-0.25, -0.2) is 0 Å². The van der Waals surface area contributed by atoms with Crippen LogP contribution < -0.4 is 5.32 Å². The second kappa shape index (κ2) is 11.4. The molecule has 0 saturated heterocycles. The van der Waals surface area contributed by atoms with Gasteiger partial charge in [-0.2, -0.15) is 0 Å². The van der Waals surface area contributed by atoms with E-state index in [0.29, 0.717) is 0 Å². The summed E-state index contributed by atoms with van der Waals surface area (Å²) in [5, 5.41) is 4.47. The number of hydrogen-bond donors (Lipinski definition) is 1. The van der Waals surface area contributed by atoms with Crippen molar-refractivity contribution in [3.8, 4) is 0 Å². The summed E-state index contributed by atoms with van der Waals surface area (Å²) in [6.45, 7) is 2.93. The number of hydrogen-bond acceptors (Lipinski definition) is 2. The van der Waals surface area contributed by atoms with Crippen LogP contribution in [0.25, 0.3) is 0 Å². The van der Waals surface area contributed by atoms with Gasteiger partial charge in [0.05, 0.1) is 6.61 Å². The Labute approximate surface area is 84.2 Å². The lowest BCUT2D eigenvalue weighted by Gasteiger charge is -2.02. The first-order valence-corrected chi connectivity index (χ1v) is 5.79. The van der Waals surface area contributed by atoms with Crippen LogP contribution in [0.3, 0.4) is 0 Å². The second-order valence-corrected chi connectivity index (χ2v) is 3.64. The van der Waals surface area contributed by atoms with Gasteiger partial charge in [-0.15, -0.1) is 0 Å². The first-order valence-electron chi connectivity index (χ1n) is 4.67. The molecule has 0 atom stereocenters. The molecule has 0 aliphatic rings. The number of alkyl halides is 1. The first kappa shape index (κ1) is 12.4. The third kappa shape index (κ3) is 10.4. The highest BCUT2D eigenvalue weighted by atomic mass is 79.9. The zero-order valence-electron chi connectivity index (χ0n) is 7.94. The maximum Gasteiger partial charge on any atom is 0.0587 e. The van der Waals surface area contributed by atoms with E-state index < -0.39 is 0 Å². The molecule has 0 aliphatic heterocycles. The van der Waals surface area contributed by atoms with E-state index in [1.165, 1.54) is 25.7 Å². The Morgan fingerprint density at radius 1 is 1.08 bits per heavy atom. The summed E-state index contributed by atoms with van der Waals surface area (Å²) >= 11 is 3.42. The fourth-order valence-electron chi connectivity index (χ4n) is 0.997. The zero-order chi connectivity index (χ0) is 9.07. The van der Waals surface area contributed by atoms with E-state index in [4.69, 9.17) is 4.74 Å². The van der Waals surface area contributed by atoms with Gasteiger partial charge in [-0.1, -0.05) is 28.8 Å². The summed E-state index contributed by atoms with van der Waals surface area (Å²) in [4.78, 5) is 0. The predicted octanol–water partition coefficient (Wildman–Crippen LogP) is 2.18. The van der Waals surface area contributed by atoms with Crippen LogP contribution in [0.1, 0.15) is 25.7 Å². The molecule has 74 valence electrons. The van der Waals surface area contributed by atoms with E-state index in [1.807, 2.05) is 0 Å². The highest BCUT2D eigenvalue weighted by molar-refractivity contribution is 9.09. The van der Waals surface area contributed by atoms with Gasteiger partial charge >= 0.3 is 0 Å². The van der Waals surface area contributed by atoms with Gasteiger partial charge in [-0.3, -0.25) is 0 Å². The molecular weight excluding hydrogens is 218 g/mol. The number of halogens is 1. The number of nitrogens with one attached hydrogen (secondary N) is 1. The highest BCUT2D eigenvalue weighted by Crippen LogP contribution is 2.00. The predicted molar refractivity (Wildman–Crippen MR) is 57.0 cm³/mol. The quantitative estimate of drug-likeness (QED) is 0.491. The lowest BCUT2D eigenvalue weighted by atomic mass is 10.2. The van der Waals surface area contributed by atoms with Gasteiger partial charge in [0.2, 0.25) is 0 Å². The lowest BCUT2D eigenvalue weighted by Crippen LogP contribution is -2.20. The Balaban J connectivity index is 2.73. The van der Waals surface area contributed by atoms with Crippen LogP contribution in [-0.4, -0.2) is 32.1 Å². The minimum absolute atomic E-state index is 0.821. The van der Waals surface area contributed by atoms with Gasteiger partial charge < -0.3 is 10.1 Å². The van der Waals surface area contributed by atoms with Crippen molar-refractivity contribution in [3.05, 3.63) is 0 Å². The summed E-state index contributed by atoms with van der Waals surface area (Å²) in [5.74, 6) is 0. The Morgan fingerprint density at radius 2 is 1.83 bits per heavy atom. The van der Waals surface area contributed by atoms with Gasteiger partial charge in [0.15, 0.2) is 0 Å². The molecule has 0 aromatic heterocycles. The molecule has 12 heavy (non-hydrogen) atoms. The van der Waals surface area contributed by atoms with Crippen LogP contribution in [0.5, 0.6) is 0 Å². The van der Waals surface area contributed by atoms with Crippen molar-refractivity contribution in [3.63, 3.8) is 0 Å². The molecule has 3 heteroatoms. The number of ether oxygens (including phenoxy) is 1. The molecule has 0 aromatic rings. The van der Waals surface area contributed by atoms with Crippen molar-refractivity contribution in [2.24, 2.45) is 0 Å². The zero-order valence-corrected chi connectivity index (χ0v) is 9.53. The molecular formula is C9H20BrNO. The molecule has 0 rings (SSSR count). The van der Waals surface area contributed by atoms with Crippen LogP contribution in [0.15, 0.2) is 0 Å². The largest absolute Gasteiger partial charge is 0.383 e. The lowest BCUT2D eigenvalue weighted by molar-refractivity contribution is 0.199. The summed E-state index contributed by atoms with van der Waals surface area (Å²) in [5.41, 5.74) is 0. The molecule has 0 spiro atoms. The molecule has 2 nitrogen and oxygen atoms in total. The fraction of sp³-hybridized carbons (Fsp3) is 1.00. The number of rotatable bonds is 9. The summed E-state index contributed by atoms with van der Waals surface area (Å²) in [6.07, 6.45) is 5.28. The van der Waals surface area contributed by atoms with Crippen LogP contribution in [0, 0.1) is 0 Å². The van der Waals surface area contributed by atoms with Crippen LogP contribution in [-0.2, 0) is 4.74 Å². The van der Waals surface area contributed by atoms with Crippen molar-refractivity contribution in [2.45, 2.75) is 25.7 Å². The van der Waals surface area contributed by atoms with E-state index >= 15 is 0 Å². The van der Waals surface area contributed by atoms with E-state index in [-0.39, 0.29) is 0 Å². The molecule has 0 unspecified atom stereocenters. The van der Waals surface area contributed by atoms with E-state index in [1.54, 1.807) is 7.11 Å². The van der Waals surface area contributed by atoms with Gasteiger partial charge in [-0.05, 0) is 19.4 Å².